The van der Waals surface area contributed by atoms with Crippen LogP contribution in [0.2, 0.25) is 0 Å². The maximum atomic E-state index is 11.7. The Morgan fingerprint density at radius 1 is 0.429 bits per heavy atom. The fraction of sp³-hybridized carbons (Fsp3) is 1.00. The van der Waals surface area contributed by atoms with Crippen molar-refractivity contribution in [2.45, 2.75) is 116 Å². The predicted octanol–water partition coefficient (Wildman–Crippen LogP) is 6.42. The van der Waals surface area contributed by atoms with E-state index in [-0.39, 0.29) is 0 Å². The van der Waals surface area contributed by atoms with E-state index in [9.17, 15) is 4.57 Å². The van der Waals surface area contributed by atoms with Crippen LogP contribution in [0.3, 0.4) is 0 Å². The van der Waals surface area contributed by atoms with Crippen molar-refractivity contribution in [3.8, 4) is 0 Å². The number of hydrogen-bond acceptors (Lipinski definition) is 5. The number of unbranched alkanes of at least 4 members (excludes halogenated alkanes) is 16. The van der Waals surface area contributed by atoms with Gasteiger partial charge in [-0.3, -0.25) is 4.57 Å². The molecule has 0 fully saturated rings. The minimum atomic E-state index is -2.30. The van der Waals surface area contributed by atoms with E-state index >= 15 is 0 Å². The lowest BCUT2D eigenvalue weighted by molar-refractivity contribution is 0.218. The molecule has 2 N–H and O–H groups in total. The zero-order chi connectivity index (χ0) is 20.5. The fourth-order valence-corrected chi connectivity index (χ4v) is 3.96. The molecule has 0 unspecified atom stereocenters. The molecule has 0 bridgehead atoms. The van der Waals surface area contributed by atoms with Crippen LogP contribution in [-0.4, -0.2) is 36.6 Å². The molecule has 0 aromatic carbocycles. The zero-order valence-electron chi connectivity index (χ0n) is 18.2. The predicted molar refractivity (Wildman–Crippen MR) is 118 cm³/mol. The van der Waals surface area contributed by atoms with Gasteiger partial charge in [0.25, 0.3) is 0 Å². The highest BCUT2D eigenvalue weighted by Crippen LogP contribution is 2.25. The molecule has 0 spiro atoms. The highest BCUT2D eigenvalue weighted by molar-refractivity contribution is 7.33. The van der Waals surface area contributed by atoms with Gasteiger partial charge >= 0.3 is 8.25 Å². The zero-order valence-corrected chi connectivity index (χ0v) is 19.2. The maximum absolute atomic E-state index is 11.7. The molecule has 0 aliphatic rings. The van der Waals surface area contributed by atoms with Gasteiger partial charge in [-0.1, -0.05) is 89.9 Å². The van der Waals surface area contributed by atoms with Gasteiger partial charge in [0.05, 0.1) is 13.2 Å². The van der Waals surface area contributed by atoms with Gasteiger partial charge in [0.15, 0.2) is 0 Å². The van der Waals surface area contributed by atoms with E-state index in [1.807, 2.05) is 0 Å². The Hall–Kier alpha value is 0.0700. The molecule has 6 heteroatoms. The van der Waals surface area contributed by atoms with Crippen molar-refractivity contribution in [2.24, 2.45) is 0 Å². The highest BCUT2D eigenvalue weighted by Gasteiger charge is 2.00. The molecule has 0 radical (unpaired) electrons. The van der Waals surface area contributed by atoms with Gasteiger partial charge in [0, 0.05) is 13.2 Å². The first kappa shape index (κ1) is 28.1. The van der Waals surface area contributed by atoms with Crippen LogP contribution >= 0.6 is 8.25 Å². The second-order valence-corrected chi connectivity index (χ2v) is 8.84. The van der Waals surface area contributed by atoms with Crippen molar-refractivity contribution in [1.29, 1.82) is 0 Å². The molecule has 0 aromatic rings. The molecule has 0 aliphatic carbocycles. The second-order valence-electron chi connectivity index (χ2n) is 7.76. The Balaban J connectivity index is 3.13. The summed E-state index contributed by atoms with van der Waals surface area (Å²) in [6, 6.07) is 0. The molecule has 0 heterocycles. The largest absolute Gasteiger partial charge is 0.396 e. The standard InChI is InChI=1S/C22H47O5P/c23-19-15-11-7-3-1-5-9-13-17-21-26-28(25)27-22-18-14-10-6-2-4-8-12-16-20-24/h23-24,28H,1-22H2. The number of aliphatic hydroxyl groups excluding tert-OH is 2. The molecule has 5 nitrogen and oxygen atoms in total. The Bertz CT molecular complexity index is 287. The minimum Gasteiger partial charge on any atom is -0.396 e. The average Bonchev–Trinajstić information content (AvgIpc) is 2.70. The summed E-state index contributed by atoms with van der Waals surface area (Å²) in [6.45, 7) is 1.73. The monoisotopic (exact) mass is 422 g/mol. The summed E-state index contributed by atoms with van der Waals surface area (Å²) < 4.78 is 22.2. The topological polar surface area (TPSA) is 76.0 Å². The molecule has 0 atom stereocenters. The van der Waals surface area contributed by atoms with E-state index in [0.29, 0.717) is 26.4 Å². The van der Waals surface area contributed by atoms with Gasteiger partial charge in [-0.25, -0.2) is 0 Å². The van der Waals surface area contributed by atoms with E-state index < -0.39 is 8.25 Å². The van der Waals surface area contributed by atoms with Crippen LogP contribution in [0.1, 0.15) is 116 Å². The lowest BCUT2D eigenvalue weighted by atomic mass is 10.1. The van der Waals surface area contributed by atoms with Gasteiger partial charge in [-0.05, 0) is 25.7 Å². The third kappa shape index (κ3) is 24.1. The van der Waals surface area contributed by atoms with Crippen molar-refractivity contribution < 1.29 is 23.8 Å². The lowest BCUT2D eigenvalue weighted by Gasteiger charge is -2.06. The summed E-state index contributed by atoms with van der Waals surface area (Å²) in [5.74, 6) is 0. The Morgan fingerprint density at radius 3 is 0.964 bits per heavy atom. The molecule has 28 heavy (non-hydrogen) atoms. The SMILES string of the molecule is O=[PH](OCCCCCCCCCCCO)OCCCCCCCCCCCO. The van der Waals surface area contributed by atoms with Gasteiger partial charge in [0.2, 0.25) is 0 Å². The van der Waals surface area contributed by atoms with E-state index in [0.717, 1.165) is 51.4 Å². The Labute approximate surface area is 174 Å². The summed E-state index contributed by atoms with van der Waals surface area (Å²) >= 11 is 0. The van der Waals surface area contributed by atoms with Crippen molar-refractivity contribution in [2.75, 3.05) is 26.4 Å². The fourth-order valence-electron chi connectivity index (χ4n) is 3.26. The molecule has 0 aromatic heterocycles. The van der Waals surface area contributed by atoms with Crippen molar-refractivity contribution in [3.05, 3.63) is 0 Å². The first-order chi connectivity index (χ1) is 13.8. The van der Waals surface area contributed by atoms with Crippen LogP contribution in [0.5, 0.6) is 0 Å². The Kier molecular flexibility index (Phi) is 25.2. The minimum absolute atomic E-state index is 0.320. The highest BCUT2D eigenvalue weighted by atomic mass is 31.1. The molecule has 0 saturated heterocycles. The van der Waals surface area contributed by atoms with Gasteiger partial charge in [-0.2, -0.15) is 0 Å². The van der Waals surface area contributed by atoms with E-state index in [4.69, 9.17) is 19.3 Å². The third-order valence-electron chi connectivity index (χ3n) is 5.04. The number of rotatable bonds is 24. The lowest BCUT2D eigenvalue weighted by Crippen LogP contribution is -1.92. The van der Waals surface area contributed by atoms with E-state index in [1.54, 1.807) is 0 Å². The third-order valence-corrected chi connectivity index (χ3v) is 5.92. The molecule has 170 valence electrons. The molecular formula is C22H47O5P. The first-order valence-corrected chi connectivity index (χ1v) is 13.0. The van der Waals surface area contributed by atoms with Crippen molar-refractivity contribution >= 4 is 8.25 Å². The maximum Gasteiger partial charge on any atom is 0.319 e. The second kappa shape index (κ2) is 25.1. The number of aliphatic hydroxyl groups is 2. The molecule has 0 amide bonds. The van der Waals surface area contributed by atoms with Crippen LogP contribution in [0.15, 0.2) is 0 Å². The molecular weight excluding hydrogens is 375 g/mol. The molecule has 0 saturated carbocycles. The summed E-state index contributed by atoms with van der Waals surface area (Å²) in [6.07, 6.45) is 20.8. The van der Waals surface area contributed by atoms with Gasteiger partial charge in [0.1, 0.15) is 0 Å². The van der Waals surface area contributed by atoms with Gasteiger partial charge in [-0.15, -0.1) is 0 Å². The first-order valence-electron chi connectivity index (χ1n) is 11.8. The van der Waals surface area contributed by atoms with Crippen LogP contribution in [0.25, 0.3) is 0 Å². The Morgan fingerprint density at radius 2 is 0.679 bits per heavy atom. The summed E-state index contributed by atoms with van der Waals surface area (Å²) in [7, 11) is -2.30. The quantitative estimate of drug-likeness (QED) is 0.139. The summed E-state index contributed by atoms with van der Waals surface area (Å²) in [5.41, 5.74) is 0. The van der Waals surface area contributed by atoms with Crippen LogP contribution in [0, 0.1) is 0 Å². The molecule has 0 rings (SSSR count). The smallest absolute Gasteiger partial charge is 0.319 e. The summed E-state index contributed by atoms with van der Waals surface area (Å²) in [5, 5.41) is 17.4. The number of hydrogen-bond donors (Lipinski definition) is 2. The van der Waals surface area contributed by atoms with Crippen molar-refractivity contribution in [1.82, 2.24) is 0 Å². The van der Waals surface area contributed by atoms with Crippen LogP contribution in [-0.2, 0) is 13.6 Å². The summed E-state index contributed by atoms with van der Waals surface area (Å²) in [4.78, 5) is 0. The van der Waals surface area contributed by atoms with Gasteiger partial charge < -0.3 is 19.3 Å². The van der Waals surface area contributed by atoms with E-state index in [1.165, 1.54) is 64.2 Å². The van der Waals surface area contributed by atoms with Crippen LogP contribution in [0.4, 0.5) is 0 Å². The van der Waals surface area contributed by atoms with Crippen molar-refractivity contribution in [3.63, 3.8) is 0 Å². The normalized spacial score (nSPS) is 11.5. The molecule has 0 aliphatic heterocycles. The average molecular weight is 423 g/mol. The van der Waals surface area contributed by atoms with Crippen LogP contribution < -0.4 is 0 Å². The van der Waals surface area contributed by atoms with E-state index in [2.05, 4.69) is 0 Å².